The fourth-order valence-corrected chi connectivity index (χ4v) is 1.96. The topological polar surface area (TPSA) is 50.4 Å². The predicted octanol–water partition coefficient (Wildman–Crippen LogP) is 3.39. The number of amides is 1. The van der Waals surface area contributed by atoms with E-state index in [2.05, 4.69) is 10.6 Å². The standard InChI is InChI=1S/C16H25FN2O2/c1-5-14(12-8-6-7-9-13(12)17)18-10-11-19-15(20)21-16(2,3)4/h6-9,14,18H,5,10-11H2,1-4H3,(H,19,20). The maximum absolute atomic E-state index is 13.7. The molecule has 1 amide bonds. The van der Waals surface area contributed by atoms with E-state index in [-0.39, 0.29) is 11.9 Å². The molecule has 0 heterocycles. The summed E-state index contributed by atoms with van der Waals surface area (Å²) < 4.78 is 18.9. The van der Waals surface area contributed by atoms with Gasteiger partial charge in [-0.25, -0.2) is 9.18 Å². The van der Waals surface area contributed by atoms with Crippen LogP contribution in [0.1, 0.15) is 45.7 Å². The van der Waals surface area contributed by atoms with Crippen LogP contribution in [-0.2, 0) is 4.74 Å². The largest absolute Gasteiger partial charge is 0.444 e. The molecule has 0 spiro atoms. The Morgan fingerprint density at radius 2 is 1.95 bits per heavy atom. The zero-order valence-corrected chi connectivity index (χ0v) is 13.2. The molecule has 0 fully saturated rings. The molecule has 21 heavy (non-hydrogen) atoms. The van der Waals surface area contributed by atoms with Gasteiger partial charge in [0.1, 0.15) is 11.4 Å². The van der Waals surface area contributed by atoms with Gasteiger partial charge in [0.25, 0.3) is 0 Å². The molecule has 1 aromatic carbocycles. The van der Waals surface area contributed by atoms with Crippen molar-refractivity contribution in [1.82, 2.24) is 10.6 Å². The van der Waals surface area contributed by atoms with E-state index in [0.717, 1.165) is 6.42 Å². The number of carbonyl (C=O) groups excluding carboxylic acids is 1. The van der Waals surface area contributed by atoms with Gasteiger partial charge in [0.15, 0.2) is 0 Å². The Labute approximate surface area is 126 Å². The number of rotatable bonds is 6. The van der Waals surface area contributed by atoms with Crippen molar-refractivity contribution in [2.24, 2.45) is 0 Å². The highest BCUT2D eigenvalue weighted by Gasteiger charge is 2.16. The van der Waals surface area contributed by atoms with Gasteiger partial charge in [0, 0.05) is 24.7 Å². The van der Waals surface area contributed by atoms with Crippen LogP contribution in [0.3, 0.4) is 0 Å². The zero-order chi connectivity index (χ0) is 15.9. The maximum atomic E-state index is 13.7. The highest BCUT2D eigenvalue weighted by atomic mass is 19.1. The first-order chi connectivity index (χ1) is 9.83. The molecule has 0 aliphatic carbocycles. The van der Waals surface area contributed by atoms with Gasteiger partial charge in [-0.1, -0.05) is 25.1 Å². The van der Waals surface area contributed by atoms with Crippen LogP contribution in [0.15, 0.2) is 24.3 Å². The van der Waals surface area contributed by atoms with Crippen LogP contribution < -0.4 is 10.6 Å². The third-order valence-corrected chi connectivity index (χ3v) is 2.87. The van der Waals surface area contributed by atoms with Gasteiger partial charge in [-0.3, -0.25) is 0 Å². The minimum Gasteiger partial charge on any atom is -0.444 e. The van der Waals surface area contributed by atoms with Gasteiger partial charge in [-0.2, -0.15) is 0 Å². The molecule has 0 bridgehead atoms. The number of hydrogen-bond donors (Lipinski definition) is 2. The van der Waals surface area contributed by atoms with Gasteiger partial charge in [0.2, 0.25) is 0 Å². The second kappa shape index (κ2) is 7.98. The van der Waals surface area contributed by atoms with Crippen molar-refractivity contribution in [3.05, 3.63) is 35.6 Å². The Morgan fingerprint density at radius 1 is 1.29 bits per heavy atom. The van der Waals surface area contributed by atoms with Gasteiger partial charge in [0.05, 0.1) is 0 Å². The number of ether oxygens (including phenoxy) is 1. The molecule has 0 aliphatic rings. The lowest BCUT2D eigenvalue weighted by atomic mass is 10.0. The van der Waals surface area contributed by atoms with Gasteiger partial charge in [-0.15, -0.1) is 0 Å². The van der Waals surface area contributed by atoms with Crippen molar-refractivity contribution in [3.8, 4) is 0 Å². The van der Waals surface area contributed by atoms with Crippen LogP contribution in [0.2, 0.25) is 0 Å². The summed E-state index contributed by atoms with van der Waals surface area (Å²) in [5.74, 6) is -0.211. The van der Waals surface area contributed by atoms with E-state index in [4.69, 9.17) is 4.74 Å². The Hall–Kier alpha value is -1.62. The number of benzene rings is 1. The number of nitrogens with one attached hydrogen (secondary N) is 2. The smallest absolute Gasteiger partial charge is 0.407 e. The first-order valence-corrected chi connectivity index (χ1v) is 7.28. The molecular formula is C16H25FN2O2. The average molecular weight is 296 g/mol. The summed E-state index contributed by atoms with van der Waals surface area (Å²) in [6, 6.07) is 6.67. The minimum absolute atomic E-state index is 0.0633. The molecule has 0 radical (unpaired) electrons. The Balaban J connectivity index is 2.37. The second-order valence-electron chi connectivity index (χ2n) is 5.87. The fourth-order valence-electron chi connectivity index (χ4n) is 1.96. The van der Waals surface area contributed by atoms with Crippen molar-refractivity contribution in [3.63, 3.8) is 0 Å². The molecule has 0 saturated heterocycles. The molecular weight excluding hydrogens is 271 g/mol. The number of halogens is 1. The molecule has 0 saturated carbocycles. The monoisotopic (exact) mass is 296 g/mol. The van der Waals surface area contributed by atoms with Gasteiger partial charge < -0.3 is 15.4 Å². The first-order valence-electron chi connectivity index (χ1n) is 7.28. The molecule has 5 heteroatoms. The average Bonchev–Trinajstić information content (AvgIpc) is 2.38. The normalized spacial score (nSPS) is 12.8. The summed E-state index contributed by atoms with van der Waals surface area (Å²) >= 11 is 0. The molecule has 1 aromatic rings. The van der Waals surface area contributed by atoms with Crippen LogP contribution in [0.5, 0.6) is 0 Å². The van der Waals surface area contributed by atoms with Crippen molar-refractivity contribution < 1.29 is 13.9 Å². The molecule has 0 aliphatic heterocycles. The zero-order valence-electron chi connectivity index (χ0n) is 13.2. The van der Waals surface area contributed by atoms with E-state index in [9.17, 15) is 9.18 Å². The van der Waals surface area contributed by atoms with Crippen LogP contribution in [0.4, 0.5) is 9.18 Å². The third-order valence-electron chi connectivity index (χ3n) is 2.87. The Morgan fingerprint density at radius 3 is 2.52 bits per heavy atom. The van der Waals surface area contributed by atoms with Crippen molar-refractivity contribution in [2.75, 3.05) is 13.1 Å². The van der Waals surface area contributed by atoms with E-state index < -0.39 is 11.7 Å². The Kier molecular flexibility index (Phi) is 6.62. The number of carbonyl (C=O) groups is 1. The number of alkyl carbamates (subject to hydrolysis) is 1. The van der Waals surface area contributed by atoms with Crippen LogP contribution >= 0.6 is 0 Å². The predicted molar refractivity (Wildman–Crippen MR) is 81.7 cm³/mol. The summed E-state index contributed by atoms with van der Waals surface area (Å²) in [5, 5.41) is 5.90. The number of hydrogen-bond acceptors (Lipinski definition) is 3. The van der Waals surface area contributed by atoms with Crippen molar-refractivity contribution >= 4 is 6.09 Å². The van der Waals surface area contributed by atoms with E-state index in [0.29, 0.717) is 18.7 Å². The third kappa shape index (κ3) is 6.58. The highest BCUT2D eigenvalue weighted by molar-refractivity contribution is 5.67. The second-order valence-corrected chi connectivity index (χ2v) is 5.87. The molecule has 1 unspecified atom stereocenters. The van der Waals surface area contributed by atoms with E-state index in [1.54, 1.807) is 12.1 Å². The van der Waals surface area contributed by atoms with Crippen LogP contribution in [0.25, 0.3) is 0 Å². The van der Waals surface area contributed by atoms with E-state index in [1.165, 1.54) is 6.07 Å². The van der Waals surface area contributed by atoms with Crippen LogP contribution in [0, 0.1) is 5.82 Å². The molecule has 0 aromatic heterocycles. The van der Waals surface area contributed by atoms with Crippen molar-refractivity contribution in [2.45, 2.75) is 45.8 Å². The lowest BCUT2D eigenvalue weighted by Gasteiger charge is -2.21. The summed E-state index contributed by atoms with van der Waals surface area (Å²) in [7, 11) is 0. The maximum Gasteiger partial charge on any atom is 0.407 e. The fraction of sp³-hybridized carbons (Fsp3) is 0.562. The van der Waals surface area contributed by atoms with Gasteiger partial charge >= 0.3 is 6.09 Å². The van der Waals surface area contributed by atoms with Crippen molar-refractivity contribution in [1.29, 1.82) is 0 Å². The molecule has 1 atom stereocenters. The lowest BCUT2D eigenvalue weighted by molar-refractivity contribution is 0.0528. The summed E-state index contributed by atoms with van der Waals surface area (Å²) in [6.45, 7) is 8.42. The lowest BCUT2D eigenvalue weighted by Crippen LogP contribution is -2.37. The summed E-state index contributed by atoms with van der Waals surface area (Å²) in [6.07, 6.45) is 0.330. The minimum atomic E-state index is -0.503. The quantitative estimate of drug-likeness (QED) is 0.791. The first kappa shape index (κ1) is 17.4. The van der Waals surface area contributed by atoms with E-state index in [1.807, 2.05) is 33.8 Å². The van der Waals surface area contributed by atoms with E-state index >= 15 is 0 Å². The highest BCUT2D eigenvalue weighted by Crippen LogP contribution is 2.19. The molecule has 4 nitrogen and oxygen atoms in total. The van der Waals surface area contributed by atoms with Gasteiger partial charge in [-0.05, 0) is 33.3 Å². The summed E-state index contributed by atoms with van der Waals surface area (Å²) in [5.41, 5.74) is 0.147. The molecule has 1 rings (SSSR count). The SMILES string of the molecule is CCC(NCCNC(=O)OC(C)(C)C)c1ccccc1F. The summed E-state index contributed by atoms with van der Waals surface area (Å²) in [4.78, 5) is 11.5. The molecule has 2 N–H and O–H groups in total. The Bertz CT molecular complexity index is 458. The molecule has 118 valence electrons. The van der Waals surface area contributed by atoms with Crippen LogP contribution in [-0.4, -0.2) is 24.8 Å².